The Kier molecular flexibility index (Phi) is 6.56. The average Bonchev–Trinajstić information content (AvgIpc) is 3.12. The molecule has 0 unspecified atom stereocenters. The van der Waals surface area contributed by atoms with Gasteiger partial charge in [0.25, 0.3) is 17.5 Å². The molecule has 0 N–H and O–H groups in total. The number of nitrogens with zero attached hydrogens (tertiary/aromatic N) is 2. The SMILES string of the molecule is COC(=O)[C@@H]1CC(F)(F)CN1C(=O)c1cc(OC)c(OCc2ccccc2)cc1[N+](=O)[O-]. The molecule has 2 aromatic carbocycles. The Balaban J connectivity index is 1.97. The molecule has 0 radical (unpaired) electrons. The molecule has 1 saturated heterocycles. The van der Waals surface area contributed by atoms with Gasteiger partial charge >= 0.3 is 5.97 Å². The highest BCUT2D eigenvalue weighted by molar-refractivity contribution is 6.01. The van der Waals surface area contributed by atoms with E-state index in [2.05, 4.69) is 4.74 Å². The van der Waals surface area contributed by atoms with Gasteiger partial charge in [-0.3, -0.25) is 14.9 Å². The van der Waals surface area contributed by atoms with Gasteiger partial charge in [-0.1, -0.05) is 30.3 Å². The first-order valence-corrected chi connectivity index (χ1v) is 9.46. The molecule has 1 aliphatic rings. The average molecular weight is 450 g/mol. The fourth-order valence-electron chi connectivity index (χ4n) is 3.41. The highest BCUT2D eigenvalue weighted by Gasteiger charge is 2.51. The van der Waals surface area contributed by atoms with Crippen LogP contribution in [0.1, 0.15) is 22.3 Å². The Bertz CT molecular complexity index is 1030. The number of carbonyl (C=O) groups is 2. The lowest BCUT2D eigenvalue weighted by Crippen LogP contribution is -2.41. The maximum atomic E-state index is 14.0. The van der Waals surface area contributed by atoms with Crippen molar-refractivity contribution in [3.05, 3.63) is 63.7 Å². The molecular weight excluding hydrogens is 430 g/mol. The normalized spacial score (nSPS) is 17.0. The number of rotatable bonds is 7. The molecule has 3 rings (SSSR count). The molecule has 11 heteroatoms. The van der Waals surface area contributed by atoms with E-state index < -0.39 is 53.0 Å². The van der Waals surface area contributed by atoms with Crippen LogP contribution < -0.4 is 9.47 Å². The molecule has 1 aliphatic heterocycles. The monoisotopic (exact) mass is 450 g/mol. The van der Waals surface area contributed by atoms with Gasteiger partial charge in [-0.15, -0.1) is 0 Å². The second kappa shape index (κ2) is 9.16. The molecule has 0 saturated carbocycles. The lowest BCUT2D eigenvalue weighted by atomic mass is 10.1. The van der Waals surface area contributed by atoms with E-state index in [0.29, 0.717) is 4.90 Å². The van der Waals surface area contributed by atoms with E-state index >= 15 is 0 Å². The van der Waals surface area contributed by atoms with Crippen molar-refractivity contribution in [3.8, 4) is 11.5 Å². The van der Waals surface area contributed by atoms with Crippen LogP contribution in [0.2, 0.25) is 0 Å². The molecule has 1 atom stereocenters. The van der Waals surface area contributed by atoms with Crippen molar-refractivity contribution in [2.45, 2.75) is 25.0 Å². The summed E-state index contributed by atoms with van der Waals surface area (Å²) < 4.78 is 43.3. The van der Waals surface area contributed by atoms with E-state index in [9.17, 15) is 28.5 Å². The van der Waals surface area contributed by atoms with Crippen LogP contribution in [-0.2, 0) is 16.1 Å². The largest absolute Gasteiger partial charge is 0.493 e. The molecule has 0 bridgehead atoms. The summed E-state index contributed by atoms with van der Waals surface area (Å²) in [4.78, 5) is 36.4. The maximum Gasteiger partial charge on any atom is 0.328 e. The summed E-state index contributed by atoms with van der Waals surface area (Å²) in [5, 5.41) is 11.7. The van der Waals surface area contributed by atoms with Gasteiger partial charge in [0.2, 0.25) is 0 Å². The van der Waals surface area contributed by atoms with Crippen LogP contribution in [0.3, 0.4) is 0 Å². The van der Waals surface area contributed by atoms with Crippen molar-refractivity contribution >= 4 is 17.6 Å². The van der Waals surface area contributed by atoms with Crippen molar-refractivity contribution in [2.24, 2.45) is 0 Å². The minimum Gasteiger partial charge on any atom is -0.493 e. The smallest absolute Gasteiger partial charge is 0.328 e. The summed E-state index contributed by atoms with van der Waals surface area (Å²) in [6.07, 6.45) is -0.936. The van der Waals surface area contributed by atoms with Crippen LogP contribution in [0.25, 0.3) is 0 Å². The Hall–Kier alpha value is -3.76. The minimum atomic E-state index is -3.34. The Morgan fingerprint density at radius 2 is 1.88 bits per heavy atom. The lowest BCUT2D eigenvalue weighted by molar-refractivity contribution is -0.385. The molecule has 32 heavy (non-hydrogen) atoms. The van der Waals surface area contributed by atoms with E-state index in [-0.39, 0.29) is 18.1 Å². The number of amides is 1. The summed E-state index contributed by atoms with van der Waals surface area (Å²) in [7, 11) is 2.28. The number of nitro groups is 1. The van der Waals surface area contributed by atoms with Crippen molar-refractivity contribution in [1.29, 1.82) is 0 Å². The van der Waals surface area contributed by atoms with E-state index in [0.717, 1.165) is 24.8 Å². The number of likely N-dealkylation sites (tertiary alicyclic amines) is 1. The number of nitro benzene ring substituents is 1. The van der Waals surface area contributed by atoms with Crippen LogP contribution in [0.15, 0.2) is 42.5 Å². The Labute approximate surface area is 181 Å². The van der Waals surface area contributed by atoms with Gasteiger partial charge in [-0.25, -0.2) is 13.6 Å². The van der Waals surface area contributed by atoms with Crippen molar-refractivity contribution < 1.29 is 37.5 Å². The van der Waals surface area contributed by atoms with Crippen molar-refractivity contribution in [3.63, 3.8) is 0 Å². The van der Waals surface area contributed by atoms with Crippen LogP contribution in [-0.4, -0.2) is 54.4 Å². The zero-order valence-electron chi connectivity index (χ0n) is 17.2. The summed E-state index contributed by atoms with van der Waals surface area (Å²) in [6.45, 7) is -0.998. The number of esters is 1. The summed E-state index contributed by atoms with van der Waals surface area (Å²) in [5.74, 6) is -5.50. The van der Waals surface area contributed by atoms with Crippen molar-refractivity contribution in [1.82, 2.24) is 4.90 Å². The highest BCUT2D eigenvalue weighted by atomic mass is 19.3. The molecule has 1 heterocycles. The third-order valence-corrected chi connectivity index (χ3v) is 4.95. The number of alkyl halides is 2. The van der Waals surface area contributed by atoms with Gasteiger partial charge in [0.05, 0.1) is 31.8 Å². The van der Waals surface area contributed by atoms with Gasteiger partial charge in [-0.2, -0.15) is 0 Å². The van der Waals surface area contributed by atoms with Gasteiger partial charge in [0.15, 0.2) is 11.5 Å². The minimum absolute atomic E-state index is 0.00382. The topological polar surface area (TPSA) is 108 Å². The molecule has 0 aromatic heterocycles. The Morgan fingerprint density at radius 1 is 1.19 bits per heavy atom. The maximum absolute atomic E-state index is 14.0. The van der Waals surface area contributed by atoms with Crippen LogP contribution >= 0.6 is 0 Å². The first kappa shape index (κ1) is 22.9. The van der Waals surface area contributed by atoms with Crippen LogP contribution in [0.5, 0.6) is 11.5 Å². The number of carbonyl (C=O) groups excluding carboxylic acids is 2. The van der Waals surface area contributed by atoms with E-state index in [1.807, 2.05) is 6.07 Å². The number of ether oxygens (including phenoxy) is 3. The molecular formula is C21H20F2N2O7. The van der Waals surface area contributed by atoms with Gasteiger partial charge in [-0.05, 0) is 5.56 Å². The standard InChI is InChI=1S/C21H20F2N2O7/c1-30-17-8-14(19(26)24-12-21(22,23)10-16(24)20(27)31-2)15(25(28)29)9-18(17)32-11-13-6-4-3-5-7-13/h3-9,16H,10-12H2,1-2H3/t16-/m0/s1. The number of hydrogen-bond donors (Lipinski definition) is 0. The third-order valence-electron chi connectivity index (χ3n) is 4.95. The summed E-state index contributed by atoms with van der Waals surface area (Å²) >= 11 is 0. The van der Waals surface area contributed by atoms with E-state index in [1.54, 1.807) is 24.3 Å². The van der Waals surface area contributed by atoms with E-state index in [4.69, 9.17) is 9.47 Å². The lowest BCUT2D eigenvalue weighted by Gasteiger charge is -2.22. The third kappa shape index (κ3) is 4.76. The Morgan fingerprint density at radius 3 is 2.47 bits per heavy atom. The van der Waals surface area contributed by atoms with Gasteiger partial charge < -0.3 is 19.1 Å². The molecule has 2 aromatic rings. The molecule has 0 spiro atoms. The molecule has 170 valence electrons. The van der Waals surface area contributed by atoms with Crippen LogP contribution in [0, 0.1) is 10.1 Å². The number of halogens is 2. The molecule has 1 amide bonds. The number of benzene rings is 2. The second-order valence-electron chi connectivity index (χ2n) is 7.08. The first-order valence-electron chi connectivity index (χ1n) is 9.46. The first-order chi connectivity index (χ1) is 15.2. The summed E-state index contributed by atoms with van der Waals surface area (Å²) in [6, 6.07) is 9.47. The molecule has 0 aliphatic carbocycles. The fourth-order valence-corrected chi connectivity index (χ4v) is 3.41. The zero-order valence-corrected chi connectivity index (χ0v) is 17.2. The fraction of sp³-hybridized carbons (Fsp3) is 0.333. The quantitative estimate of drug-likeness (QED) is 0.362. The van der Waals surface area contributed by atoms with Crippen molar-refractivity contribution in [2.75, 3.05) is 20.8 Å². The van der Waals surface area contributed by atoms with Gasteiger partial charge in [0, 0.05) is 12.5 Å². The number of hydrogen-bond acceptors (Lipinski definition) is 7. The molecule has 9 nitrogen and oxygen atoms in total. The summed E-state index contributed by atoms with van der Waals surface area (Å²) in [5.41, 5.74) is -0.388. The number of methoxy groups -OCH3 is 2. The predicted molar refractivity (Wildman–Crippen MR) is 107 cm³/mol. The molecule has 1 fully saturated rings. The van der Waals surface area contributed by atoms with Crippen LogP contribution in [0.4, 0.5) is 14.5 Å². The van der Waals surface area contributed by atoms with Gasteiger partial charge in [0.1, 0.15) is 18.2 Å². The predicted octanol–water partition coefficient (Wildman–Crippen LogP) is 3.21. The second-order valence-corrected chi connectivity index (χ2v) is 7.08. The zero-order chi connectivity index (χ0) is 23.5. The highest BCUT2D eigenvalue weighted by Crippen LogP contribution is 2.39. The van der Waals surface area contributed by atoms with E-state index in [1.165, 1.54) is 7.11 Å².